The van der Waals surface area contributed by atoms with Gasteiger partial charge in [-0.25, -0.2) is 4.57 Å². The number of allylic oxidation sites excluding steroid dienone is 2. The van der Waals surface area contributed by atoms with Crippen molar-refractivity contribution in [3.63, 3.8) is 0 Å². The summed E-state index contributed by atoms with van der Waals surface area (Å²) in [5.41, 5.74) is 0. The van der Waals surface area contributed by atoms with Crippen LogP contribution in [0.3, 0.4) is 0 Å². The van der Waals surface area contributed by atoms with Gasteiger partial charge in [-0.2, -0.15) is 0 Å². The zero-order valence-corrected chi connectivity index (χ0v) is 47.0. The van der Waals surface area contributed by atoms with Crippen LogP contribution < -0.4 is 5.32 Å². The molecule has 0 saturated heterocycles. The maximum absolute atomic E-state index is 13.1. The number of aliphatic hydroxyl groups is 7. The van der Waals surface area contributed by atoms with Crippen LogP contribution in [0.15, 0.2) is 12.2 Å². The highest BCUT2D eigenvalue weighted by molar-refractivity contribution is 7.47. The highest BCUT2D eigenvalue weighted by atomic mass is 31.2. The van der Waals surface area contributed by atoms with E-state index in [9.17, 15) is 50.0 Å². The van der Waals surface area contributed by atoms with Crippen LogP contribution in [0.4, 0.5) is 0 Å². The molecule has 0 aromatic heterocycles. The molecule has 1 rings (SSSR count). The first-order valence-corrected chi connectivity index (χ1v) is 31.7. The number of amides is 1. The maximum atomic E-state index is 13.1. The molecule has 0 bridgehead atoms. The van der Waals surface area contributed by atoms with Crippen molar-refractivity contribution in [3.05, 3.63) is 12.2 Å². The predicted octanol–water partition coefficient (Wildman–Crippen LogP) is 12.9. The summed E-state index contributed by atoms with van der Waals surface area (Å²) < 4.78 is 23.1. The Morgan fingerprint density at radius 2 is 0.778 bits per heavy atom. The Bertz CT molecular complexity index is 1280. The van der Waals surface area contributed by atoms with Crippen LogP contribution in [0.5, 0.6) is 0 Å². The normalized spacial score (nSPS) is 21.5. The van der Waals surface area contributed by atoms with Gasteiger partial charge in [-0.05, 0) is 38.5 Å². The number of carbonyl (C=O) groups is 1. The topological polar surface area (TPSA) is 226 Å². The van der Waals surface area contributed by atoms with Gasteiger partial charge in [-0.1, -0.05) is 257 Å². The number of nitrogens with one attached hydrogen (secondary N) is 1. The molecule has 1 aliphatic rings. The van der Waals surface area contributed by atoms with Gasteiger partial charge in [0.15, 0.2) is 0 Å². The number of phosphoric ester groups is 1. The van der Waals surface area contributed by atoms with E-state index in [0.29, 0.717) is 12.8 Å². The Labute approximate surface area is 440 Å². The third-order valence-electron chi connectivity index (χ3n) is 14.9. The van der Waals surface area contributed by atoms with Gasteiger partial charge in [0.1, 0.15) is 36.6 Å². The molecule has 1 amide bonds. The van der Waals surface area contributed by atoms with Crippen molar-refractivity contribution in [1.82, 2.24) is 5.32 Å². The second kappa shape index (κ2) is 47.3. The van der Waals surface area contributed by atoms with Crippen LogP contribution >= 0.6 is 7.82 Å². The van der Waals surface area contributed by atoms with Gasteiger partial charge in [0.05, 0.1) is 31.3 Å². The van der Waals surface area contributed by atoms with Crippen LogP contribution in [0.25, 0.3) is 0 Å². The van der Waals surface area contributed by atoms with E-state index in [1.54, 1.807) is 0 Å². The van der Waals surface area contributed by atoms with Crippen molar-refractivity contribution in [3.8, 4) is 0 Å². The fourth-order valence-corrected chi connectivity index (χ4v) is 11.0. The summed E-state index contributed by atoms with van der Waals surface area (Å²) in [4.78, 5) is 23.7. The maximum Gasteiger partial charge on any atom is 0.472 e. The molecule has 0 aromatic carbocycles. The first-order valence-electron chi connectivity index (χ1n) is 30.2. The molecule has 8 unspecified atom stereocenters. The molecular formula is C58H114NO12P. The second-order valence-corrected chi connectivity index (χ2v) is 23.1. The Hall–Kier alpha value is -0.960. The van der Waals surface area contributed by atoms with Gasteiger partial charge in [-0.15, -0.1) is 0 Å². The van der Waals surface area contributed by atoms with E-state index in [1.807, 2.05) is 0 Å². The lowest BCUT2D eigenvalue weighted by Crippen LogP contribution is -2.64. The minimum atomic E-state index is -5.13. The molecule has 0 radical (unpaired) electrons. The third-order valence-corrected chi connectivity index (χ3v) is 15.9. The van der Waals surface area contributed by atoms with Crippen molar-refractivity contribution < 1.29 is 59.0 Å². The standard InChI is InChI=1S/C58H114NO12P/c1-3-5-7-9-11-13-15-17-19-21-23-25-27-29-31-33-35-37-39-41-43-45-49(60)47-52(62)59-50(48-70-72(68,69)71-58-56(66)54(64)53(63)55(65)57(58)67)51(61)46-44-42-40-38-36-34-32-30-28-26-24-22-20-18-16-14-12-10-8-6-4-2/h29,31,49-51,53-58,60-61,63-67H,3-28,30,32-48H2,1-2H3,(H,59,62)(H,68,69)/b31-29-. The van der Waals surface area contributed by atoms with E-state index in [-0.39, 0.29) is 12.8 Å². The first kappa shape index (κ1) is 69.1. The second-order valence-electron chi connectivity index (χ2n) is 21.7. The van der Waals surface area contributed by atoms with Gasteiger partial charge in [0.25, 0.3) is 0 Å². The largest absolute Gasteiger partial charge is 0.472 e. The van der Waals surface area contributed by atoms with Crippen molar-refractivity contribution in [2.24, 2.45) is 0 Å². The zero-order chi connectivity index (χ0) is 52.9. The van der Waals surface area contributed by atoms with Crippen LogP contribution in [-0.4, -0.2) is 108 Å². The molecule has 14 heteroatoms. The van der Waals surface area contributed by atoms with E-state index in [2.05, 4.69) is 31.3 Å². The molecule has 0 aromatic rings. The van der Waals surface area contributed by atoms with Crippen molar-refractivity contribution in [2.75, 3.05) is 6.61 Å². The molecule has 0 spiro atoms. The summed E-state index contributed by atoms with van der Waals surface area (Å²) in [7, 11) is -5.13. The highest BCUT2D eigenvalue weighted by Gasteiger charge is 2.51. The molecule has 13 nitrogen and oxygen atoms in total. The predicted molar refractivity (Wildman–Crippen MR) is 294 cm³/mol. The lowest BCUT2D eigenvalue weighted by Gasteiger charge is -2.41. The zero-order valence-electron chi connectivity index (χ0n) is 46.1. The number of phosphoric acid groups is 1. The summed E-state index contributed by atoms with van der Waals surface area (Å²) in [6.45, 7) is 3.85. The highest BCUT2D eigenvalue weighted by Crippen LogP contribution is 2.47. The molecule has 1 aliphatic carbocycles. The lowest BCUT2D eigenvalue weighted by molar-refractivity contribution is -0.220. The smallest absolute Gasteiger partial charge is 0.393 e. The average molecular weight is 1050 g/mol. The van der Waals surface area contributed by atoms with Gasteiger partial charge in [0.2, 0.25) is 5.91 Å². The number of carbonyl (C=O) groups excluding carboxylic acids is 1. The van der Waals surface area contributed by atoms with Gasteiger partial charge in [-0.3, -0.25) is 13.8 Å². The van der Waals surface area contributed by atoms with Crippen LogP contribution in [0.2, 0.25) is 0 Å². The van der Waals surface area contributed by atoms with Gasteiger partial charge in [0, 0.05) is 0 Å². The first-order chi connectivity index (χ1) is 34.8. The van der Waals surface area contributed by atoms with Crippen LogP contribution in [0.1, 0.15) is 290 Å². The third kappa shape index (κ3) is 37.7. The summed E-state index contributed by atoms with van der Waals surface area (Å²) in [6.07, 6.45) is 41.1. The number of hydrogen-bond donors (Lipinski definition) is 9. The SMILES string of the molecule is CCCCCCCCCCCCCC/C=C\CCCCCCCC(O)CC(=O)NC(COP(=O)(O)OC1C(O)C(O)C(O)C(O)C1O)C(O)CCCCCCCCCCCCCCCCCCCCCCC. The van der Waals surface area contributed by atoms with Crippen LogP contribution in [-0.2, 0) is 18.4 Å². The molecule has 0 aliphatic heterocycles. The summed E-state index contributed by atoms with van der Waals surface area (Å²) in [5, 5.41) is 75.1. The fraction of sp³-hybridized carbons (Fsp3) is 0.948. The van der Waals surface area contributed by atoms with E-state index >= 15 is 0 Å². The van der Waals surface area contributed by atoms with E-state index < -0.39 is 75.2 Å². The van der Waals surface area contributed by atoms with E-state index in [1.165, 1.54) is 180 Å². The fourth-order valence-electron chi connectivity index (χ4n) is 10.0. The van der Waals surface area contributed by atoms with E-state index in [4.69, 9.17) is 9.05 Å². The van der Waals surface area contributed by atoms with E-state index in [0.717, 1.165) is 70.6 Å². The van der Waals surface area contributed by atoms with Crippen molar-refractivity contribution >= 4 is 13.7 Å². The number of rotatable bonds is 52. The minimum Gasteiger partial charge on any atom is -0.393 e. The molecule has 8 atom stereocenters. The number of aliphatic hydroxyl groups excluding tert-OH is 7. The molecule has 72 heavy (non-hydrogen) atoms. The lowest BCUT2D eigenvalue weighted by atomic mass is 9.85. The molecule has 9 N–H and O–H groups in total. The molecule has 428 valence electrons. The van der Waals surface area contributed by atoms with Crippen molar-refractivity contribution in [2.45, 2.75) is 345 Å². The molecular weight excluding hydrogens is 934 g/mol. The van der Waals surface area contributed by atoms with Crippen molar-refractivity contribution in [1.29, 1.82) is 0 Å². The number of unbranched alkanes of at least 4 members (excludes halogenated alkanes) is 37. The molecule has 1 fully saturated rings. The van der Waals surface area contributed by atoms with Gasteiger partial charge < -0.3 is 46.0 Å². The Morgan fingerprint density at radius 3 is 1.14 bits per heavy atom. The van der Waals surface area contributed by atoms with Crippen LogP contribution in [0, 0.1) is 0 Å². The monoisotopic (exact) mass is 1050 g/mol. The molecule has 0 heterocycles. The molecule has 1 saturated carbocycles. The summed E-state index contributed by atoms with van der Waals surface area (Å²) in [6, 6.07) is -1.16. The average Bonchev–Trinajstić information content (AvgIpc) is 3.36. The Morgan fingerprint density at radius 1 is 0.472 bits per heavy atom. The van der Waals surface area contributed by atoms with Gasteiger partial charge >= 0.3 is 7.82 Å². The number of hydrogen-bond acceptors (Lipinski definition) is 11. The minimum absolute atomic E-state index is 0.224. The Balaban J connectivity index is 2.37. The summed E-state index contributed by atoms with van der Waals surface area (Å²) >= 11 is 0. The quantitative estimate of drug-likeness (QED) is 0.0158. The Kier molecular flexibility index (Phi) is 45.3. The summed E-state index contributed by atoms with van der Waals surface area (Å²) in [5.74, 6) is -0.559.